The van der Waals surface area contributed by atoms with Crippen LogP contribution < -0.4 is 5.32 Å². The van der Waals surface area contributed by atoms with Gasteiger partial charge in [0.2, 0.25) is 5.91 Å². The van der Waals surface area contributed by atoms with E-state index in [-0.39, 0.29) is 18.5 Å². The second kappa shape index (κ2) is 52.5. The van der Waals surface area contributed by atoms with Crippen molar-refractivity contribution < 1.29 is 24.5 Å². The predicted molar refractivity (Wildman–Crippen MR) is 269 cm³/mol. The fourth-order valence-electron chi connectivity index (χ4n) is 9.05. The molecule has 0 rings (SSSR count). The van der Waals surface area contributed by atoms with Gasteiger partial charge in [-0.2, -0.15) is 0 Å². The molecule has 6 nitrogen and oxygen atoms in total. The van der Waals surface area contributed by atoms with E-state index < -0.39 is 12.1 Å². The minimum Gasteiger partial charge on any atom is -0.466 e. The molecule has 0 heterocycles. The van der Waals surface area contributed by atoms with E-state index in [0.29, 0.717) is 25.9 Å². The molecule has 0 saturated carbocycles. The third-order valence-corrected chi connectivity index (χ3v) is 13.4. The van der Waals surface area contributed by atoms with Crippen molar-refractivity contribution in [1.82, 2.24) is 5.32 Å². The summed E-state index contributed by atoms with van der Waals surface area (Å²) in [5.41, 5.74) is 0. The number of hydrogen-bond acceptors (Lipinski definition) is 5. The Morgan fingerprint density at radius 3 is 0.984 bits per heavy atom. The van der Waals surface area contributed by atoms with Crippen molar-refractivity contribution in [3.05, 3.63) is 0 Å². The van der Waals surface area contributed by atoms with Crippen molar-refractivity contribution >= 4 is 11.9 Å². The van der Waals surface area contributed by atoms with Crippen molar-refractivity contribution in [2.75, 3.05) is 13.2 Å². The highest BCUT2D eigenvalue weighted by Crippen LogP contribution is 2.18. The first-order valence-corrected chi connectivity index (χ1v) is 28.3. The van der Waals surface area contributed by atoms with Crippen LogP contribution in [0.3, 0.4) is 0 Å². The molecule has 62 heavy (non-hydrogen) atoms. The molecule has 2 atom stereocenters. The monoisotopic (exact) mass is 878 g/mol. The number of unbranched alkanes of at least 4 members (excludes halogenated alkanes) is 42. The molecule has 1 amide bonds. The van der Waals surface area contributed by atoms with Crippen LogP contribution in [-0.2, 0) is 14.3 Å². The number of carbonyl (C=O) groups is 2. The van der Waals surface area contributed by atoms with E-state index >= 15 is 0 Å². The van der Waals surface area contributed by atoms with E-state index in [2.05, 4.69) is 19.2 Å². The molecule has 2 unspecified atom stereocenters. The molecule has 0 aromatic rings. The molecule has 0 aliphatic rings. The van der Waals surface area contributed by atoms with Gasteiger partial charge in [-0.1, -0.05) is 284 Å². The summed E-state index contributed by atoms with van der Waals surface area (Å²) in [4.78, 5) is 24.5. The molecule has 0 bridgehead atoms. The zero-order valence-electron chi connectivity index (χ0n) is 42.1. The minimum atomic E-state index is -0.671. The number of aliphatic hydroxyl groups excluding tert-OH is 2. The van der Waals surface area contributed by atoms with Crippen LogP contribution in [-0.4, -0.2) is 47.4 Å². The van der Waals surface area contributed by atoms with Gasteiger partial charge in [0.05, 0.1) is 25.4 Å². The summed E-state index contributed by atoms with van der Waals surface area (Å²) in [6.45, 7) is 4.95. The lowest BCUT2D eigenvalue weighted by atomic mass is 10.0. The Morgan fingerprint density at radius 2 is 0.661 bits per heavy atom. The van der Waals surface area contributed by atoms with Gasteiger partial charge in [0.15, 0.2) is 0 Å². The van der Waals surface area contributed by atoms with E-state index in [1.165, 1.54) is 238 Å². The summed E-state index contributed by atoms with van der Waals surface area (Å²) in [5, 5.41) is 23.2. The average molecular weight is 879 g/mol. The highest BCUT2D eigenvalue weighted by atomic mass is 16.5. The second-order valence-corrected chi connectivity index (χ2v) is 19.6. The van der Waals surface area contributed by atoms with Crippen molar-refractivity contribution in [2.24, 2.45) is 0 Å². The van der Waals surface area contributed by atoms with Gasteiger partial charge in [-0.3, -0.25) is 9.59 Å². The van der Waals surface area contributed by atoms with E-state index in [4.69, 9.17) is 4.74 Å². The van der Waals surface area contributed by atoms with E-state index in [1.54, 1.807) is 0 Å². The number of nitrogens with one attached hydrogen (secondary N) is 1. The standard InChI is InChI=1S/C56H111NO5/c1-3-5-7-9-11-13-15-17-19-20-21-22-26-30-34-38-42-46-50-56(61)62-51-47-43-39-35-31-27-23-25-29-33-37-41-45-49-55(60)57-53(52-58)54(59)48-44-40-36-32-28-24-18-16-14-12-10-8-6-4-2/h53-54,58-59H,3-52H2,1-2H3,(H,57,60). The van der Waals surface area contributed by atoms with Crippen LogP contribution in [0.2, 0.25) is 0 Å². The summed E-state index contributed by atoms with van der Waals surface area (Å²) in [6.07, 6.45) is 59.4. The molecule has 0 saturated heterocycles. The summed E-state index contributed by atoms with van der Waals surface area (Å²) < 4.78 is 5.48. The highest BCUT2D eigenvalue weighted by Gasteiger charge is 2.20. The number of esters is 1. The maximum atomic E-state index is 12.5. The van der Waals surface area contributed by atoms with Crippen molar-refractivity contribution in [3.63, 3.8) is 0 Å². The molecule has 370 valence electrons. The zero-order chi connectivity index (χ0) is 45.1. The Bertz CT molecular complexity index is 882. The molecule has 0 aliphatic carbocycles. The number of ether oxygens (including phenoxy) is 1. The molecule has 0 fully saturated rings. The molecule has 3 N–H and O–H groups in total. The zero-order valence-corrected chi connectivity index (χ0v) is 42.1. The van der Waals surface area contributed by atoms with Crippen LogP contribution in [0.25, 0.3) is 0 Å². The lowest BCUT2D eigenvalue weighted by Crippen LogP contribution is -2.45. The number of rotatable bonds is 53. The van der Waals surface area contributed by atoms with Gasteiger partial charge >= 0.3 is 5.97 Å². The average Bonchev–Trinajstić information content (AvgIpc) is 3.27. The largest absolute Gasteiger partial charge is 0.466 e. The molecule has 6 heteroatoms. The van der Waals surface area contributed by atoms with Gasteiger partial charge in [0.1, 0.15) is 0 Å². The fraction of sp³-hybridized carbons (Fsp3) is 0.964. The predicted octanol–water partition coefficient (Wildman–Crippen LogP) is 17.1. The SMILES string of the molecule is CCCCCCCCCCCCCCCCCCCCC(=O)OCCCCCCCCCCCCCCCC(=O)NC(CO)C(O)CCCCCCCCCCCCCCCC. The maximum Gasteiger partial charge on any atom is 0.305 e. The second-order valence-electron chi connectivity index (χ2n) is 19.6. The third-order valence-electron chi connectivity index (χ3n) is 13.4. The van der Waals surface area contributed by atoms with Gasteiger partial charge < -0.3 is 20.3 Å². The fourth-order valence-corrected chi connectivity index (χ4v) is 9.05. The highest BCUT2D eigenvalue weighted by molar-refractivity contribution is 5.76. The first kappa shape index (κ1) is 60.9. The molecule has 0 spiro atoms. The topological polar surface area (TPSA) is 95.9 Å². The Kier molecular flexibility index (Phi) is 51.5. The van der Waals surface area contributed by atoms with Crippen molar-refractivity contribution in [2.45, 2.75) is 334 Å². The first-order chi connectivity index (χ1) is 30.5. The van der Waals surface area contributed by atoms with E-state index in [9.17, 15) is 19.8 Å². The summed E-state index contributed by atoms with van der Waals surface area (Å²) >= 11 is 0. The van der Waals surface area contributed by atoms with Crippen LogP contribution in [0, 0.1) is 0 Å². The Balaban J connectivity index is 3.40. The summed E-state index contributed by atoms with van der Waals surface area (Å²) in [7, 11) is 0. The summed E-state index contributed by atoms with van der Waals surface area (Å²) in [6, 6.07) is -0.549. The van der Waals surface area contributed by atoms with Crippen LogP contribution in [0.15, 0.2) is 0 Å². The minimum absolute atomic E-state index is 0.000174. The molecule has 0 aromatic carbocycles. The smallest absolute Gasteiger partial charge is 0.305 e. The van der Waals surface area contributed by atoms with Gasteiger partial charge in [-0.05, 0) is 25.7 Å². The maximum absolute atomic E-state index is 12.5. The van der Waals surface area contributed by atoms with Gasteiger partial charge in [0.25, 0.3) is 0 Å². The Labute approximate surface area is 387 Å². The molecule has 0 aromatic heterocycles. The molecule has 0 aliphatic heterocycles. The Morgan fingerprint density at radius 1 is 0.387 bits per heavy atom. The van der Waals surface area contributed by atoms with Crippen LogP contribution >= 0.6 is 0 Å². The third kappa shape index (κ3) is 48.3. The van der Waals surface area contributed by atoms with Crippen LogP contribution in [0.5, 0.6) is 0 Å². The van der Waals surface area contributed by atoms with E-state index in [0.717, 1.165) is 51.4 Å². The number of amides is 1. The molecular weight excluding hydrogens is 767 g/mol. The van der Waals surface area contributed by atoms with Crippen LogP contribution in [0.1, 0.15) is 322 Å². The lowest BCUT2D eigenvalue weighted by molar-refractivity contribution is -0.143. The first-order valence-electron chi connectivity index (χ1n) is 28.3. The number of carbonyl (C=O) groups excluding carboxylic acids is 2. The lowest BCUT2D eigenvalue weighted by Gasteiger charge is -2.22. The normalized spacial score (nSPS) is 12.5. The van der Waals surface area contributed by atoms with Crippen molar-refractivity contribution in [1.29, 1.82) is 0 Å². The van der Waals surface area contributed by atoms with Gasteiger partial charge in [-0.15, -0.1) is 0 Å². The van der Waals surface area contributed by atoms with Gasteiger partial charge in [-0.25, -0.2) is 0 Å². The number of aliphatic hydroxyl groups is 2. The van der Waals surface area contributed by atoms with Crippen molar-refractivity contribution in [3.8, 4) is 0 Å². The number of hydrogen-bond donors (Lipinski definition) is 3. The van der Waals surface area contributed by atoms with Crippen LogP contribution in [0.4, 0.5) is 0 Å². The summed E-state index contributed by atoms with van der Waals surface area (Å²) in [5.74, 6) is -0.0454. The van der Waals surface area contributed by atoms with E-state index in [1.807, 2.05) is 0 Å². The molecular formula is C56H111NO5. The van der Waals surface area contributed by atoms with Gasteiger partial charge in [0, 0.05) is 12.8 Å². The Hall–Kier alpha value is -1.14. The molecule has 0 radical (unpaired) electrons. The quantitative estimate of drug-likeness (QED) is 0.0418.